The fraction of sp³-hybridized carbons (Fsp3) is 0.300. The summed E-state index contributed by atoms with van der Waals surface area (Å²) >= 11 is 0. The Balaban J connectivity index is 1.69. The molecule has 0 N–H and O–H groups in total. The van der Waals surface area contributed by atoms with E-state index in [4.69, 9.17) is 4.74 Å². The Morgan fingerprint density at radius 1 is 1.20 bits per heavy atom. The molecule has 3 aromatic rings. The van der Waals surface area contributed by atoms with Gasteiger partial charge in [-0.05, 0) is 30.7 Å². The molecule has 128 valence electrons. The smallest absolute Gasteiger partial charge is 0.254 e. The Labute approximate surface area is 146 Å². The zero-order valence-electron chi connectivity index (χ0n) is 14.4. The number of amides is 1. The largest absolute Gasteiger partial charge is 0.374 e. The first-order chi connectivity index (χ1) is 12.1. The molecule has 1 saturated heterocycles. The minimum atomic E-state index is -0.0654. The van der Waals surface area contributed by atoms with Gasteiger partial charge in [-0.3, -0.25) is 4.79 Å². The molecule has 0 saturated carbocycles. The lowest BCUT2D eigenvalue weighted by Gasteiger charge is -2.39. The van der Waals surface area contributed by atoms with Crippen LogP contribution in [0.3, 0.4) is 0 Å². The maximum absolute atomic E-state index is 13.2. The van der Waals surface area contributed by atoms with Gasteiger partial charge < -0.3 is 14.2 Å². The van der Waals surface area contributed by atoms with Gasteiger partial charge in [0.15, 0.2) is 0 Å². The van der Waals surface area contributed by atoms with Crippen molar-refractivity contribution in [3.63, 3.8) is 0 Å². The third-order valence-electron chi connectivity index (χ3n) is 4.79. The average molecular weight is 335 g/mol. The van der Waals surface area contributed by atoms with Crippen LogP contribution in [0.2, 0.25) is 0 Å². The number of aromatic nitrogens is 2. The molecule has 0 spiro atoms. The SMILES string of the molecule is C[C@@H]1CN(C(=O)c2ccc3c(c2)ncn3C)[C@@H](c2ccccc2)CO1. The molecule has 5 nitrogen and oxygen atoms in total. The van der Waals surface area contributed by atoms with Crippen LogP contribution in [-0.4, -0.2) is 39.6 Å². The van der Waals surface area contributed by atoms with E-state index in [-0.39, 0.29) is 18.1 Å². The van der Waals surface area contributed by atoms with Crippen molar-refractivity contribution in [2.75, 3.05) is 13.2 Å². The van der Waals surface area contributed by atoms with Crippen molar-refractivity contribution in [3.8, 4) is 0 Å². The zero-order valence-corrected chi connectivity index (χ0v) is 14.4. The molecule has 0 bridgehead atoms. The van der Waals surface area contributed by atoms with Crippen molar-refractivity contribution < 1.29 is 9.53 Å². The number of carbonyl (C=O) groups excluding carboxylic acids is 1. The van der Waals surface area contributed by atoms with Crippen molar-refractivity contribution in [1.82, 2.24) is 14.5 Å². The summed E-state index contributed by atoms with van der Waals surface area (Å²) in [6.45, 7) is 3.10. The van der Waals surface area contributed by atoms with Gasteiger partial charge in [0.1, 0.15) is 0 Å². The maximum atomic E-state index is 13.2. The van der Waals surface area contributed by atoms with E-state index in [1.165, 1.54) is 0 Å². The number of aryl methyl sites for hydroxylation is 1. The number of fused-ring (bicyclic) bond motifs is 1. The van der Waals surface area contributed by atoms with Crippen LogP contribution in [0, 0.1) is 0 Å². The molecule has 0 radical (unpaired) electrons. The molecular formula is C20H21N3O2. The summed E-state index contributed by atoms with van der Waals surface area (Å²) in [5, 5.41) is 0. The molecule has 25 heavy (non-hydrogen) atoms. The summed E-state index contributed by atoms with van der Waals surface area (Å²) in [5.41, 5.74) is 3.63. The van der Waals surface area contributed by atoms with Crippen molar-refractivity contribution in [3.05, 3.63) is 66.0 Å². The molecule has 2 aromatic carbocycles. The van der Waals surface area contributed by atoms with Gasteiger partial charge in [-0.15, -0.1) is 0 Å². The minimum absolute atomic E-state index is 0.0246. The highest BCUT2D eigenvalue weighted by Crippen LogP contribution is 2.28. The van der Waals surface area contributed by atoms with Gasteiger partial charge in [-0.1, -0.05) is 30.3 Å². The van der Waals surface area contributed by atoms with Gasteiger partial charge >= 0.3 is 0 Å². The number of ether oxygens (including phenoxy) is 1. The molecule has 1 aromatic heterocycles. The first-order valence-electron chi connectivity index (χ1n) is 8.52. The Hall–Kier alpha value is -2.66. The molecule has 0 aliphatic carbocycles. The van der Waals surface area contributed by atoms with Gasteiger partial charge in [-0.25, -0.2) is 4.98 Å². The van der Waals surface area contributed by atoms with Crippen LogP contribution in [0.4, 0.5) is 0 Å². The number of rotatable bonds is 2. The molecule has 2 heterocycles. The van der Waals surface area contributed by atoms with Crippen molar-refractivity contribution in [2.45, 2.75) is 19.1 Å². The second-order valence-electron chi connectivity index (χ2n) is 6.59. The number of hydrogen-bond donors (Lipinski definition) is 0. The second kappa shape index (κ2) is 6.33. The summed E-state index contributed by atoms with van der Waals surface area (Å²) in [7, 11) is 1.95. The summed E-state index contributed by atoms with van der Waals surface area (Å²) in [6, 6.07) is 15.7. The van der Waals surface area contributed by atoms with Crippen molar-refractivity contribution in [2.24, 2.45) is 7.05 Å². The Kier molecular flexibility index (Phi) is 4.01. The molecule has 4 rings (SSSR count). The van der Waals surface area contributed by atoms with Crippen LogP contribution >= 0.6 is 0 Å². The summed E-state index contributed by atoms with van der Waals surface area (Å²) in [5.74, 6) is 0.0246. The van der Waals surface area contributed by atoms with Gasteiger partial charge in [0.25, 0.3) is 5.91 Å². The second-order valence-corrected chi connectivity index (χ2v) is 6.59. The fourth-order valence-corrected chi connectivity index (χ4v) is 3.41. The van der Waals surface area contributed by atoms with Crippen molar-refractivity contribution in [1.29, 1.82) is 0 Å². The standard InChI is InChI=1S/C20H21N3O2/c1-14-11-23(19(12-25-14)15-6-4-3-5-7-15)20(24)16-8-9-18-17(10-16)21-13-22(18)2/h3-10,13-14,19H,11-12H2,1-2H3/t14-,19-/m1/s1. The van der Waals surface area contributed by atoms with Crippen LogP contribution in [0.5, 0.6) is 0 Å². The average Bonchev–Trinajstić information content (AvgIpc) is 3.02. The van der Waals surface area contributed by atoms with Crippen molar-refractivity contribution >= 4 is 16.9 Å². The van der Waals surface area contributed by atoms with E-state index in [0.717, 1.165) is 16.6 Å². The van der Waals surface area contributed by atoms with E-state index in [9.17, 15) is 4.79 Å². The number of nitrogens with zero attached hydrogens (tertiary/aromatic N) is 3. The molecule has 0 unspecified atom stereocenters. The van der Waals surface area contributed by atoms with Gasteiger partial charge in [0.05, 0.1) is 36.1 Å². The van der Waals surface area contributed by atoms with Crippen LogP contribution in [0.25, 0.3) is 11.0 Å². The molecule has 1 fully saturated rings. The van der Waals surface area contributed by atoms with Gasteiger partial charge in [0.2, 0.25) is 0 Å². The highest BCUT2D eigenvalue weighted by molar-refractivity contribution is 5.97. The Morgan fingerprint density at radius 2 is 2.00 bits per heavy atom. The lowest BCUT2D eigenvalue weighted by Crippen LogP contribution is -2.46. The number of benzene rings is 2. The molecule has 1 aliphatic rings. The summed E-state index contributed by atoms with van der Waals surface area (Å²) in [4.78, 5) is 19.5. The molecule has 2 atom stereocenters. The van der Waals surface area contributed by atoms with Crippen LogP contribution in [0.1, 0.15) is 28.9 Å². The highest BCUT2D eigenvalue weighted by atomic mass is 16.5. The summed E-state index contributed by atoms with van der Waals surface area (Å²) < 4.78 is 7.78. The van der Waals surface area contributed by atoms with Gasteiger partial charge in [0, 0.05) is 19.2 Å². The molecule has 5 heteroatoms. The predicted octanol–water partition coefficient (Wildman–Crippen LogP) is 3.18. The lowest BCUT2D eigenvalue weighted by atomic mass is 10.0. The number of morpholine rings is 1. The van der Waals surface area contributed by atoms with E-state index >= 15 is 0 Å². The third kappa shape index (κ3) is 2.91. The third-order valence-corrected chi connectivity index (χ3v) is 4.79. The molecule has 1 amide bonds. The maximum Gasteiger partial charge on any atom is 0.254 e. The molecule has 1 aliphatic heterocycles. The van der Waals surface area contributed by atoms with E-state index in [0.29, 0.717) is 18.7 Å². The van der Waals surface area contributed by atoms with Crippen LogP contribution < -0.4 is 0 Å². The van der Waals surface area contributed by atoms with Crippen LogP contribution in [0.15, 0.2) is 54.9 Å². The minimum Gasteiger partial charge on any atom is -0.374 e. The topological polar surface area (TPSA) is 47.4 Å². The number of hydrogen-bond acceptors (Lipinski definition) is 3. The van der Waals surface area contributed by atoms with E-state index < -0.39 is 0 Å². The zero-order chi connectivity index (χ0) is 17.4. The highest BCUT2D eigenvalue weighted by Gasteiger charge is 2.32. The first kappa shape index (κ1) is 15.8. The molecular weight excluding hydrogens is 314 g/mol. The van der Waals surface area contributed by atoms with E-state index in [1.54, 1.807) is 6.33 Å². The summed E-state index contributed by atoms with van der Waals surface area (Å²) in [6.07, 6.45) is 1.80. The number of carbonyl (C=O) groups is 1. The van der Waals surface area contributed by atoms with Gasteiger partial charge in [-0.2, -0.15) is 0 Å². The number of imidazole rings is 1. The van der Waals surface area contributed by atoms with E-state index in [2.05, 4.69) is 4.98 Å². The normalized spacial score (nSPS) is 20.8. The fourth-order valence-electron chi connectivity index (χ4n) is 3.41. The first-order valence-corrected chi connectivity index (χ1v) is 8.52. The Bertz CT molecular complexity index is 904. The Morgan fingerprint density at radius 3 is 2.80 bits per heavy atom. The predicted molar refractivity (Wildman–Crippen MR) is 96.3 cm³/mol. The van der Waals surface area contributed by atoms with Crippen LogP contribution in [-0.2, 0) is 11.8 Å². The quantitative estimate of drug-likeness (QED) is 0.723. The van der Waals surface area contributed by atoms with E-state index in [1.807, 2.05) is 72.0 Å². The lowest BCUT2D eigenvalue weighted by molar-refractivity contribution is -0.0447. The monoisotopic (exact) mass is 335 g/mol.